The van der Waals surface area contributed by atoms with E-state index in [0.29, 0.717) is 24.8 Å². The van der Waals surface area contributed by atoms with Gasteiger partial charge in [0, 0.05) is 0 Å². The van der Waals surface area contributed by atoms with Crippen molar-refractivity contribution in [1.82, 2.24) is 0 Å². The van der Waals surface area contributed by atoms with E-state index in [2.05, 4.69) is 4.18 Å². The number of ether oxygens (including phenoxy) is 1. The lowest BCUT2D eigenvalue weighted by Crippen LogP contribution is -2.29. The van der Waals surface area contributed by atoms with E-state index in [0.717, 1.165) is 5.56 Å². The summed E-state index contributed by atoms with van der Waals surface area (Å²) in [5.41, 5.74) is -4.01. The van der Waals surface area contributed by atoms with Crippen LogP contribution in [0.25, 0.3) is 0 Å². The van der Waals surface area contributed by atoms with Crippen LogP contribution in [0.3, 0.4) is 0 Å². The molecule has 0 radical (unpaired) electrons. The topological polar surface area (TPSA) is 52.6 Å². The molecular weight excluding hydrogens is 345 g/mol. The molecule has 1 aliphatic rings. The quantitative estimate of drug-likeness (QED) is 0.450. The SMILES string of the molecule is CC[C@@H]1O[C@H](c2ccccc2)CCC1=C(C)OS(=O)(=O)C(F)(F)F. The van der Waals surface area contributed by atoms with E-state index in [-0.39, 0.29) is 11.9 Å². The normalized spacial score (nSPS) is 24.5. The number of hydrogen-bond acceptors (Lipinski definition) is 4. The molecule has 1 fully saturated rings. The Kier molecular flexibility index (Phi) is 5.59. The van der Waals surface area contributed by atoms with Crippen LogP contribution in [0, 0.1) is 0 Å². The molecule has 24 heavy (non-hydrogen) atoms. The molecule has 0 N–H and O–H groups in total. The minimum atomic E-state index is -5.66. The summed E-state index contributed by atoms with van der Waals surface area (Å²) in [5, 5.41) is 0. The van der Waals surface area contributed by atoms with Crippen molar-refractivity contribution >= 4 is 10.1 Å². The number of halogens is 3. The van der Waals surface area contributed by atoms with Crippen LogP contribution < -0.4 is 0 Å². The summed E-state index contributed by atoms with van der Waals surface area (Å²) in [5.74, 6) is -0.259. The molecule has 0 spiro atoms. The van der Waals surface area contributed by atoms with Crippen LogP contribution in [-0.2, 0) is 19.0 Å². The van der Waals surface area contributed by atoms with Gasteiger partial charge in [0.25, 0.3) is 0 Å². The van der Waals surface area contributed by atoms with Gasteiger partial charge in [-0.05, 0) is 37.3 Å². The van der Waals surface area contributed by atoms with Crippen molar-refractivity contribution in [3.05, 3.63) is 47.2 Å². The largest absolute Gasteiger partial charge is 0.534 e. The van der Waals surface area contributed by atoms with Crippen LogP contribution in [0.2, 0.25) is 0 Å². The van der Waals surface area contributed by atoms with E-state index in [1.165, 1.54) is 6.92 Å². The molecule has 1 aliphatic heterocycles. The Balaban J connectivity index is 2.20. The second-order valence-electron chi connectivity index (χ2n) is 5.54. The smallest absolute Gasteiger partial charge is 0.381 e. The van der Waals surface area contributed by atoms with Gasteiger partial charge < -0.3 is 8.92 Å². The van der Waals surface area contributed by atoms with Gasteiger partial charge in [-0.15, -0.1) is 0 Å². The summed E-state index contributed by atoms with van der Waals surface area (Å²) in [7, 11) is -5.66. The molecule has 0 bridgehead atoms. The molecule has 1 saturated heterocycles. The minimum absolute atomic E-state index is 0.174. The number of hydrogen-bond donors (Lipinski definition) is 0. The number of allylic oxidation sites excluding steroid dienone is 1. The van der Waals surface area contributed by atoms with Crippen LogP contribution in [-0.4, -0.2) is 20.0 Å². The Morgan fingerprint density at radius 2 is 1.92 bits per heavy atom. The highest BCUT2D eigenvalue weighted by molar-refractivity contribution is 7.87. The molecule has 1 heterocycles. The summed E-state index contributed by atoms with van der Waals surface area (Å²) >= 11 is 0. The molecule has 2 atom stereocenters. The zero-order valence-corrected chi connectivity index (χ0v) is 14.2. The number of benzene rings is 1. The molecule has 0 amide bonds. The number of rotatable bonds is 4. The summed E-state index contributed by atoms with van der Waals surface area (Å²) < 4.78 is 69.9. The monoisotopic (exact) mass is 364 g/mol. The molecule has 1 aromatic carbocycles. The van der Waals surface area contributed by atoms with Gasteiger partial charge in [0.2, 0.25) is 0 Å². The van der Waals surface area contributed by atoms with Crippen molar-refractivity contribution in [3.8, 4) is 0 Å². The van der Waals surface area contributed by atoms with Crippen molar-refractivity contribution in [1.29, 1.82) is 0 Å². The summed E-state index contributed by atoms with van der Waals surface area (Å²) in [6.07, 6.45) is 0.810. The van der Waals surface area contributed by atoms with Crippen LogP contribution >= 0.6 is 0 Å². The maximum Gasteiger partial charge on any atom is 0.534 e. The fourth-order valence-electron chi connectivity index (χ4n) is 2.72. The molecule has 0 unspecified atom stereocenters. The zero-order chi connectivity index (χ0) is 18.0. The van der Waals surface area contributed by atoms with Gasteiger partial charge in [-0.1, -0.05) is 37.3 Å². The Labute approximate surface area is 139 Å². The van der Waals surface area contributed by atoms with Crippen LogP contribution in [0.1, 0.15) is 44.8 Å². The van der Waals surface area contributed by atoms with Crippen molar-refractivity contribution in [2.24, 2.45) is 0 Å². The third-order valence-electron chi connectivity index (χ3n) is 3.91. The predicted octanol–water partition coefficient (Wildman–Crippen LogP) is 4.46. The Morgan fingerprint density at radius 1 is 1.29 bits per heavy atom. The summed E-state index contributed by atoms with van der Waals surface area (Å²) in [6, 6.07) is 9.49. The molecular formula is C16H19F3O4S. The van der Waals surface area contributed by atoms with Crippen LogP contribution in [0.4, 0.5) is 13.2 Å². The Hall–Kier alpha value is -1.54. The Bertz CT molecular complexity index is 696. The zero-order valence-electron chi connectivity index (χ0n) is 13.3. The predicted molar refractivity (Wildman–Crippen MR) is 82.3 cm³/mol. The molecule has 0 aliphatic carbocycles. The van der Waals surface area contributed by atoms with Gasteiger partial charge in [0.05, 0.1) is 12.2 Å². The maximum atomic E-state index is 12.5. The average Bonchev–Trinajstić information content (AvgIpc) is 2.53. The Morgan fingerprint density at radius 3 is 2.46 bits per heavy atom. The van der Waals surface area contributed by atoms with Gasteiger partial charge >= 0.3 is 15.6 Å². The van der Waals surface area contributed by atoms with Gasteiger partial charge in [0.1, 0.15) is 5.76 Å². The van der Waals surface area contributed by atoms with Crippen LogP contribution in [0.15, 0.2) is 41.7 Å². The van der Waals surface area contributed by atoms with Gasteiger partial charge in [-0.2, -0.15) is 21.6 Å². The first kappa shape index (κ1) is 18.8. The lowest BCUT2D eigenvalue weighted by Gasteiger charge is -2.33. The lowest BCUT2D eigenvalue weighted by atomic mass is 9.92. The molecule has 8 heteroatoms. The van der Waals surface area contributed by atoms with E-state index >= 15 is 0 Å². The second kappa shape index (κ2) is 7.14. The second-order valence-corrected chi connectivity index (χ2v) is 7.07. The fraction of sp³-hybridized carbons (Fsp3) is 0.500. The maximum absolute atomic E-state index is 12.5. The van der Waals surface area contributed by atoms with Gasteiger partial charge in [0.15, 0.2) is 0 Å². The van der Waals surface area contributed by atoms with Gasteiger partial charge in [-0.3, -0.25) is 0 Å². The summed E-state index contributed by atoms with van der Waals surface area (Å²) in [4.78, 5) is 0. The first-order valence-corrected chi connectivity index (χ1v) is 8.97. The first-order chi connectivity index (χ1) is 11.2. The molecule has 2 rings (SSSR count). The van der Waals surface area contributed by atoms with Crippen molar-refractivity contribution in [3.63, 3.8) is 0 Å². The van der Waals surface area contributed by atoms with Crippen LogP contribution in [0.5, 0.6) is 0 Å². The molecule has 1 aromatic rings. The standard InChI is InChI=1S/C16H19F3O4S/c1-3-14-13(11(2)23-24(20,21)16(17,18)19)9-10-15(22-14)12-7-5-4-6-8-12/h4-8,14-15H,3,9-10H2,1-2H3/t14-,15-/m0/s1. The van der Waals surface area contributed by atoms with E-state index in [1.54, 1.807) is 0 Å². The van der Waals surface area contributed by atoms with E-state index < -0.39 is 21.7 Å². The summed E-state index contributed by atoms with van der Waals surface area (Å²) in [6.45, 7) is 3.05. The molecule has 4 nitrogen and oxygen atoms in total. The highest BCUT2D eigenvalue weighted by Crippen LogP contribution is 2.38. The first-order valence-electron chi connectivity index (χ1n) is 7.56. The van der Waals surface area contributed by atoms with E-state index in [1.807, 2.05) is 37.3 Å². The molecule has 0 saturated carbocycles. The highest BCUT2D eigenvalue weighted by atomic mass is 32.2. The minimum Gasteiger partial charge on any atom is -0.381 e. The third-order valence-corrected chi connectivity index (χ3v) is 4.94. The number of alkyl halides is 3. The third kappa shape index (κ3) is 4.10. The average molecular weight is 364 g/mol. The molecule has 134 valence electrons. The van der Waals surface area contributed by atoms with Gasteiger partial charge in [-0.25, -0.2) is 0 Å². The van der Waals surface area contributed by atoms with E-state index in [9.17, 15) is 21.6 Å². The highest BCUT2D eigenvalue weighted by Gasteiger charge is 2.49. The molecule has 0 aromatic heterocycles. The lowest BCUT2D eigenvalue weighted by molar-refractivity contribution is -0.0530. The van der Waals surface area contributed by atoms with Crippen molar-refractivity contribution in [2.75, 3.05) is 0 Å². The van der Waals surface area contributed by atoms with Crippen molar-refractivity contribution < 1.29 is 30.5 Å². The fourth-order valence-corrected chi connectivity index (χ4v) is 3.25. The van der Waals surface area contributed by atoms with Crippen molar-refractivity contribution in [2.45, 2.75) is 50.8 Å². The van der Waals surface area contributed by atoms with E-state index in [4.69, 9.17) is 4.74 Å².